The highest BCUT2D eigenvalue weighted by Gasteiger charge is 2.21. The zero-order valence-corrected chi connectivity index (χ0v) is 12.2. The highest BCUT2D eigenvalue weighted by atomic mass is 15.0. The Morgan fingerprint density at radius 2 is 2.00 bits per heavy atom. The van der Waals surface area contributed by atoms with E-state index in [1.165, 1.54) is 32.1 Å². The molecule has 3 nitrogen and oxygen atoms in total. The SMILES string of the molecule is Cc1cc(C)c(C#N)c(NC2CCCCCC2C)n1. The van der Waals surface area contributed by atoms with E-state index < -0.39 is 0 Å². The fourth-order valence-corrected chi connectivity index (χ4v) is 2.97. The monoisotopic (exact) mass is 257 g/mol. The van der Waals surface area contributed by atoms with Crippen LogP contribution in [-0.4, -0.2) is 11.0 Å². The average Bonchev–Trinajstić information content (AvgIpc) is 2.54. The minimum Gasteiger partial charge on any atom is -0.366 e. The Bertz CT molecular complexity index is 488. The summed E-state index contributed by atoms with van der Waals surface area (Å²) >= 11 is 0. The Balaban J connectivity index is 2.24. The molecular formula is C16H23N3. The summed E-state index contributed by atoms with van der Waals surface area (Å²) in [6, 6.07) is 4.71. The van der Waals surface area contributed by atoms with E-state index in [0.717, 1.165) is 17.1 Å². The number of anilines is 1. The Kier molecular flexibility index (Phi) is 4.42. The van der Waals surface area contributed by atoms with Crippen molar-refractivity contribution >= 4 is 5.82 Å². The fraction of sp³-hybridized carbons (Fsp3) is 0.625. The van der Waals surface area contributed by atoms with Gasteiger partial charge in [0.2, 0.25) is 0 Å². The van der Waals surface area contributed by atoms with Crippen molar-refractivity contribution in [2.75, 3.05) is 5.32 Å². The van der Waals surface area contributed by atoms with Gasteiger partial charge >= 0.3 is 0 Å². The minimum atomic E-state index is 0.448. The van der Waals surface area contributed by atoms with E-state index in [0.29, 0.717) is 17.5 Å². The van der Waals surface area contributed by atoms with Gasteiger partial charge in [0, 0.05) is 11.7 Å². The van der Waals surface area contributed by atoms with Crippen LogP contribution in [0.2, 0.25) is 0 Å². The smallest absolute Gasteiger partial charge is 0.144 e. The fourth-order valence-electron chi connectivity index (χ4n) is 2.97. The van der Waals surface area contributed by atoms with E-state index in [4.69, 9.17) is 0 Å². The number of aryl methyl sites for hydroxylation is 2. The van der Waals surface area contributed by atoms with Gasteiger partial charge in [-0.3, -0.25) is 0 Å². The molecule has 2 atom stereocenters. The predicted octanol–water partition coefficient (Wildman–Crippen LogP) is 3.95. The first-order valence-electron chi connectivity index (χ1n) is 7.26. The Labute approximate surface area is 116 Å². The molecule has 1 heterocycles. The molecule has 1 aromatic rings. The lowest BCUT2D eigenvalue weighted by Crippen LogP contribution is -2.27. The summed E-state index contributed by atoms with van der Waals surface area (Å²) in [5.41, 5.74) is 2.68. The van der Waals surface area contributed by atoms with Crippen molar-refractivity contribution in [3.8, 4) is 6.07 Å². The first-order chi connectivity index (χ1) is 9.11. The third kappa shape index (κ3) is 3.26. The van der Waals surface area contributed by atoms with E-state index in [9.17, 15) is 5.26 Å². The van der Waals surface area contributed by atoms with Crippen LogP contribution < -0.4 is 5.32 Å². The normalized spacial score (nSPS) is 23.5. The van der Waals surface area contributed by atoms with E-state index >= 15 is 0 Å². The van der Waals surface area contributed by atoms with Gasteiger partial charge in [-0.1, -0.05) is 26.2 Å². The first kappa shape index (κ1) is 13.9. The molecular weight excluding hydrogens is 234 g/mol. The van der Waals surface area contributed by atoms with Crippen molar-refractivity contribution in [3.05, 3.63) is 22.9 Å². The largest absolute Gasteiger partial charge is 0.366 e. The van der Waals surface area contributed by atoms with Crippen molar-refractivity contribution in [2.45, 2.75) is 58.9 Å². The molecule has 0 amide bonds. The molecule has 1 aromatic heterocycles. The van der Waals surface area contributed by atoms with Crippen LogP contribution in [-0.2, 0) is 0 Å². The van der Waals surface area contributed by atoms with Crippen LogP contribution in [0.3, 0.4) is 0 Å². The van der Waals surface area contributed by atoms with Gasteiger partial charge in [-0.2, -0.15) is 5.26 Å². The molecule has 102 valence electrons. The van der Waals surface area contributed by atoms with Crippen LogP contribution in [0, 0.1) is 31.1 Å². The molecule has 1 saturated carbocycles. The summed E-state index contributed by atoms with van der Waals surface area (Å²) in [7, 11) is 0. The lowest BCUT2D eigenvalue weighted by Gasteiger charge is -2.24. The van der Waals surface area contributed by atoms with Crippen molar-refractivity contribution in [1.82, 2.24) is 4.98 Å². The van der Waals surface area contributed by atoms with Crippen LogP contribution in [0.25, 0.3) is 0 Å². The number of aromatic nitrogens is 1. The summed E-state index contributed by atoms with van der Waals surface area (Å²) < 4.78 is 0. The third-order valence-electron chi connectivity index (χ3n) is 4.14. The molecule has 0 bridgehead atoms. The van der Waals surface area contributed by atoms with Crippen LogP contribution >= 0.6 is 0 Å². The molecule has 0 aliphatic heterocycles. The minimum absolute atomic E-state index is 0.448. The van der Waals surface area contributed by atoms with Crippen molar-refractivity contribution < 1.29 is 0 Å². The van der Waals surface area contributed by atoms with Crippen molar-refractivity contribution in [1.29, 1.82) is 5.26 Å². The zero-order valence-electron chi connectivity index (χ0n) is 12.2. The van der Waals surface area contributed by atoms with E-state index in [1.54, 1.807) is 0 Å². The molecule has 0 saturated heterocycles. The second kappa shape index (κ2) is 6.06. The quantitative estimate of drug-likeness (QED) is 0.816. The molecule has 1 fully saturated rings. The van der Waals surface area contributed by atoms with Gasteiger partial charge in [0.25, 0.3) is 0 Å². The number of hydrogen-bond donors (Lipinski definition) is 1. The summed E-state index contributed by atoms with van der Waals surface area (Å²) in [6.07, 6.45) is 6.37. The molecule has 0 radical (unpaired) electrons. The molecule has 19 heavy (non-hydrogen) atoms. The highest BCUT2D eigenvalue weighted by Crippen LogP contribution is 2.27. The van der Waals surface area contributed by atoms with Gasteiger partial charge in [-0.15, -0.1) is 0 Å². The summed E-state index contributed by atoms with van der Waals surface area (Å²) in [4.78, 5) is 4.53. The summed E-state index contributed by atoms with van der Waals surface area (Å²) in [6.45, 7) is 6.27. The Hall–Kier alpha value is -1.56. The summed E-state index contributed by atoms with van der Waals surface area (Å²) in [5, 5.41) is 12.8. The maximum Gasteiger partial charge on any atom is 0.144 e. The molecule has 1 aliphatic rings. The van der Waals surface area contributed by atoms with Crippen LogP contribution in [0.1, 0.15) is 55.8 Å². The molecule has 0 aromatic carbocycles. The molecule has 2 unspecified atom stereocenters. The number of pyridine rings is 1. The lowest BCUT2D eigenvalue weighted by atomic mass is 9.96. The first-order valence-corrected chi connectivity index (χ1v) is 7.26. The second-order valence-corrected chi connectivity index (χ2v) is 5.78. The number of hydrogen-bond acceptors (Lipinski definition) is 3. The topological polar surface area (TPSA) is 48.7 Å². The molecule has 1 aliphatic carbocycles. The maximum atomic E-state index is 9.31. The molecule has 1 N–H and O–H groups in total. The van der Waals surface area contributed by atoms with Gasteiger partial charge < -0.3 is 5.32 Å². The lowest BCUT2D eigenvalue weighted by molar-refractivity contribution is 0.455. The van der Waals surface area contributed by atoms with E-state index in [1.807, 2.05) is 19.9 Å². The van der Waals surface area contributed by atoms with Gasteiger partial charge in [-0.25, -0.2) is 4.98 Å². The Morgan fingerprint density at radius 3 is 2.74 bits per heavy atom. The van der Waals surface area contributed by atoms with Gasteiger partial charge in [0.15, 0.2) is 0 Å². The standard InChI is InChI=1S/C16H23N3/c1-11-7-5-4-6-8-15(11)19-16-14(10-17)12(2)9-13(3)18-16/h9,11,15H,4-8H2,1-3H3,(H,18,19). The maximum absolute atomic E-state index is 9.31. The molecule has 0 spiro atoms. The number of nitrogens with zero attached hydrogens (tertiary/aromatic N) is 2. The second-order valence-electron chi connectivity index (χ2n) is 5.78. The van der Waals surface area contributed by atoms with Crippen LogP contribution in [0.4, 0.5) is 5.82 Å². The highest BCUT2D eigenvalue weighted by molar-refractivity contribution is 5.56. The summed E-state index contributed by atoms with van der Waals surface area (Å²) in [5.74, 6) is 1.43. The van der Waals surface area contributed by atoms with Gasteiger partial charge in [0.1, 0.15) is 11.9 Å². The zero-order chi connectivity index (χ0) is 13.8. The van der Waals surface area contributed by atoms with E-state index in [-0.39, 0.29) is 0 Å². The van der Waals surface area contributed by atoms with Crippen LogP contribution in [0.15, 0.2) is 6.07 Å². The van der Waals surface area contributed by atoms with Crippen molar-refractivity contribution in [3.63, 3.8) is 0 Å². The molecule has 2 rings (SSSR count). The number of nitriles is 1. The predicted molar refractivity (Wildman–Crippen MR) is 78.1 cm³/mol. The Morgan fingerprint density at radius 1 is 1.26 bits per heavy atom. The van der Waals surface area contributed by atoms with Gasteiger partial charge in [0.05, 0.1) is 5.56 Å². The third-order valence-corrected chi connectivity index (χ3v) is 4.14. The number of rotatable bonds is 2. The van der Waals surface area contributed by atoms with Crippen molar-refractivity contribution in [2.24, 2.45) is 5.92 Å². The molecule has 3 heteroatoms. The van der Waals surface area contributed by atoms with Gasteiger partial charge in [-0.05, 0) is 44.2 Å². The van der Waals surface area contributed by atoms with E-state index in [2.05, 4.69) is 23.3 Å². The van der Waals surface area contributed by atoms with Crippen LogP contribution in [0.5, 0.6) is 0 Å². The number of nitrogens with one attached hydrogen (secondary N) is 1. The average molecular weight is 257 g/mol.